The van der Waals surface area contributed by atoms with E-state index in [4.69, 9.17) is 11.6 Å². The van der Waals surface area contributed by atoms with E-state index in [0.29, 0.717) is 10.9 Å². The highest BCUT2D eigenvalue weighted by molar-refractivity contribution is 8.02. The lowest BCUT2D eigenvalue weighted by atomic mass is 9.97. The fourth-order valence-electron chi connectivity index (χ4n) is 2.63. The normalized spacial score (nSPS) is 13.5. The lowest BCUT2D eigenvalue weighted by Crippen LogP contribution is -2.23. The second kappa shape index (κ2) is 8.42. The zero-order valence-corrected chi connectivity index (χ0v) is 17.3. The Hall–Kier alpha value is -1.56. The van der Waals surface area contributed by atoms with Crippen LogP contribution >= 0.6 is 34.7 Å². The molecule has 26 heavy (non-hydrogen) atoms. The molecule has 1 heterocycles. The SMILES string of the molecule is CC[C@H](C)c1ccccc1NC(=O)[C@@H](C)Sc1nc2cc(Cl)ccc2s1. The monoisotopic (exact) mass is 404 g/mol. The van der Waals surface area contributed by atoms with Crippen LogP contribution < -0.4 is 5.32 Å². The number of para-hydroxylation sites is 1. The van der Waals surface area contributed by atoms with Crippen molar-refractivity contribution >= 4 is 56.5 Å². The number of benzene rings is 2. The molecular weight excluding hydrogens is 384 g/mol. The van der Waals surface area contributed by atoms with E-state index in [1.807, 2.05) is 43.3 Å². The first-order valence-corrected chi connectivity index (χ1v) is 10.7. The zero-order chi connectivity index (χ0) is 18.7. The molecule has 0 aliphatic rings. The highest BCUT2D eigenvalue weighted by Crippen LogP contribution is 2.34. The average Bonchev–Trinajstić information content (AvgIpc) is 3.02. The van der Waals surface area contributed by atoms with Gasteiger partial charge in [0.15, 0.2) is 4.34 Å². The third-order valence-corrected chi connectivity index (χ3v) is 6.80. The number of anilines is 1. The van der Waals surface area contributed by atoms with Crippen LogP contribution in [0.3, 0.4) is 0 Å². The Labute approximate surface area is 167 Å². The first-order valence-electron chi connectivity index (χ1n) is 8.60. The van der Waals surface area contributed by atoms with Gasteiger partial charge in [-0.05, 0) is 49.1 Å². The molecule has 6 heteroatoms. The van der Waals surface area contributed by atoms with E-state index in [-0.39, 0.29) is 11.2 Å². The van der Waals surface area contributed by atoms with E-state index in [1.54, 1.807) is 11.3 Å². The second-order valence-electron chi connectivity index (χ2n) is 6.24. The standard InChI is InChI=1S/C20H21ClN2OS2/c1-4-12(2)15-7-5-6-8-16(15)22-19(24)13(3)25-20-23-17-11-14(21)9-10-18(17)26-20/h5-13H,4H2,1-3H3,(H,22,24)/t12-,13+/m0/s1. The van der Waals surface area contributed by atoms with Crippen LogP contribution in [0.4, 0.5) is 5.69 Å². The maximum atomic E-state index is 12.7. The fourth-order valence-corrected chi connectivity index (χ4v) is 4.99. The molecule has 2 aromatic carbocycles. The summed E-state index contributed by atoms with van der Waals surface area (Å²) in [4.78, 5) is 17.3. The van der Waals surface area contributed by atoms with Gasteiger partial charge in [-0.3, -0.25) is 4.79 Å². The van der Waals surface area contributed by atoms with Crippen molar-refractivity contribution in [1.82, 2.24) is 4.98 Å². The summed E-state index contributed by atoms with van der Waals surface area (Å²) in [6.45, 7) is 6.24. The van der Waals surface area contributed by atoms with Crippen molar-refractivity contribution in [2.75, 3.05) is 5.32 Å². The average molecular weight is 405 g/mol. The van der Waals surface area contributed by atoms with Gasteiger partial charge in [-0.2, -0.15) is 0 Å². The number of fused-ring (bicyclic) bond motifs is 1. The van der Waals surface area contributed by atoms with E-state index in [2.05, 4.69) is 30.2 Å². The summed E-state index contributed by atoms with van der Waals surface area (Å²) in [5, 5.41) is 3.52. The van der Waals surface area contributed by atoms with Crippen molar-refractivity contribution in [3.63, 3.8) is 0 Å². The van der Waals surface area contributed by atoms with E-state index >= 15 is 0 Å². The minimum absolute atomic E-state index is 0.0111. The fraction of sp³-hybridized carbons (Fsp3) is 0.300. The molecular formula is C20H21ClN2OS2. The number of carbonyl (C=O) groups is 1. The first kappa shape index (κ1) is 19.2. The van der Waals surface area contributed by atoms with Crippen molar-refractivity contribution in [1.29, 1.82) is 0 Å². The predicted octanol–water partition coefficient (Wildman–Crippen LogP) is 6.58. The molecule has 0 aliphatic heterocycles. The quantitative estimate of drug-likeness (QED) is 0.471. The highest BCUT2D eigenvalue weighted by atomic mass is 35.5. The van der Waals surface area contributed by atoms with Gasteiger partial charge in [0.1, 0.15) is 0 Å². The Kier molecular flexibility index (Phi) is 6.22. The number of nitrogens with one attached hydrogen (secondary N) is 1. The predicted molar refractivity (Wildman–Crippen MR) is 114 cm³/mol. The summed E-state index contributed by atoms with van der Waals surface area (Å²) in [6.07, 6.45) is 1.03. The van der Waals surface area contributed by atoms with Crippen molar-refractivity contribution in [2.24, 2.45) is 0 Å². The van der Waals surface area contributed by atoms with Gasteiger partial charge in [0, 0.05) is 10.7 Å². The van der Waals surface area contributed by atoms with Crippen LogP contribution in [0.2, 0.25) is 5.02 Å². The number of hydrogen-bond donors (Lipinski definition) is 1. The van der Waals surface area contributed by atoms with Gasteiger partial charge in [0.05, 0.1) is 15.5 Å². The number of nitrogens with zero attached hydrogens (tertiary/aromatic N) is 1. The van der Waals surface area contributed by atoms with Crippen LogP contribution in [0.5, 0.6) is 0 Å². The largest absolute Gasteiger partial charge is 0.325 e. The number of carbonyl (C=O) groups excluding carboxylic acids is 1. The smallest absolute Gasteiger partial charge is 0.237 e. The number of halogens is 1. The molecule has 0 radical (unpaired) electrons. The molecule has 0 saturated heterocycles. The Morgan fingerprint density at radius 2 is 2.04 bits per heavy atom. The van der Waals surface area contributed by atoms with Crippen molar-refractivity contribution in [3.05, 3.63) is 53.1 Å². The minimum atomic E-state index is -0.240. The summed E-state index contributed by atoms with van der Waals surface area (Å²) in [7, 11) is 0. The van der Waals surface area contributed by atoms with E-state index in [1.165, 1.54) is 17.3 Å². The molecule has 0 spiro atoms. The molecule has 136 valence electrons. The second-order valence-corrected chi connectivity index (χ2v) is 9.29. The van der Waals surface area contributed by atoms with Gasteiger partial charge in [-0.1, -0.05) is 55.4 Å². The molecule has 0 saturated carbocycles. The van der Waals surface area contributed by atoms with E-state index in [0.717, 1.165) is 26.7 Å². The van der Waals surface area contributed by atoms with Gasteiger partial charge in [0.25, 0.3) is 0 Å². The van der Waals surface area contributed by atoms with Crippen LogP contribution in [0.1, 0.15) is 38.7 Å². The Bertz CT molecular complexity index is 925. The van der Waals surface area contributed by atoms with Gasteiger partial charge in [0.2, 0.25) is 5.91 Å². The molecule has 0 unspecified atom stereocenters. The number of amides is 1. The third-order valence-electron chi connectivity index (χ3n) is 4.34. The summed E-state index contributed by atoms with van der Waals surface area (Å²) in [6, 6.07) is 13.7. The molecule has 0 fully saturated rings. The van der Waals surface area contributed by atoms with Crippen LogP contribution in [0.15, 0.2) is 46.8 Å². The van der Waals surface area contributed by atoms with Crippen LogP contribution in [0.25, 0.3) is 10.2 Å². The molecule has 1 aromatic heterocycles. The number of aromatic nitrogens is 1. The molecule has 3 aromatic rings. The number of rotatable bonds is 6. The molecule has 0 bridgehead atoms. The highest BCUT2D eigenvalue weighted by Gasteiger charge is 2.19. The Morgan fingerprint density at radius 3 is 2.81 bits per heavy atom. The summed E-state index contributed by atoms with van der Waals surface area (Å²) in [5.74, 6) is 0.395. The molecule has 1 N–H and O–H groups in total. The van der Waals surface area contributed by atoms with Crippen LogP contribution in [-0.4, -0.2) is 16.1 Å². The van der Waals surface area contributed by atoms with Crippen LogP contribution in [-0.2, 0) is 4.79 Å². The number of thioether (sulfide) groups is 1. The Morgan fingerprint density at radius 1 is 1.27 bits per heavy atom. The molecule has 0 aliphatic carbocycles. The van der Waals surface area contributed by atoms with E-state index in [9.17, 15) is 4.79 Å². The Balaban J connectivity index is 1.71. The summed E-state index contributed by atoms with van der Waals surface area (Å²) >= 11 is 9.08. The lowest BCUT2D eigenvalue weighted by molar-refractivity contribution is -0.115. The minimum Gasteiger partial charge on any atom is -0.325 e. The van der Waals surface area contributed by atoms with Crippen molar-refractivity contribution in [3.8, 4) is 0 Å². The van der Waals surface area contributed by atoms with Gasteiger partial charge in [-0.25, -0.2) is 4.98 Å². The maximum absolute atomic E-state index is 12.7. The van der Waals surface area contributed by atoms with Crippen molar-refractivity contribution < 1.29 is 4.79 Å². The van der Waals surface area contributed by atoms with Gasteiger partial charge in [-0.15, -0.1) is 11.3 Å². The first-order chi connectivity index (χ1) is 12.5. The maximum Gasteiger partial charge on any atom is 0.237 e. The molecule has 1 amide bonds. The van der Waals surface area contributed by atoms with Crippen LogP contribution in [0, 0.1) is 0 Å². The van der Waals surface area contributed by atoms with Gasteiger partial charge < -0.3 is 5.32 Å². The molecule has 3 nitrogen and oxygen atoms in total. The summed E-state index contributed by atoms with van der Waals surface area (Å²) < 4.78 is 1.95. The summed E-state index contributed by atoms with van der Waals surface area (Å²) in [5.41, 5.74) is 2.95. The lowest BCUT2D eigenvalue weighted by Gasteiger charge is -2.17. The number of thiazole rings is 1. The third kappa shape index (κ3) is 4.40. The van der Waals surface area contributed by atoms with E-state index < -0.39 is 0 Å². The zero-order valence-electron chi connectivity index (χ0n) is 15.0. The number of hydrogen-bond acceptors (Lipinski definition) is 4. The molecule has 3 rings (SSSR count). The van der Waals surface area contributed by atoms with Gasteiger partial charge >= 0.3 is 0 Å². The molecule has 2 atom stereocenters. The topological polar surface area (TPSA) is 42.0 Å². The van der Waals surface area contributed by atoms with Crippen molar-refractivity contribution in [2.45, 2.75) is 42.7 Å².